The first-order valence-electron chi connectivity index (χ1n) is 4.43. The van der Waals surface area contributed by atoms with Crippen LogP contribution in [-0.2, 0) is 7.05 Å². The van der Waals surface area contributed by atoms with Crippen LogP contribution in [0.15, 0.2) is 12.3 Å². The third-order valence-corrected chi connectivity index (χ3v) is 2.45. The fourth-order valence-electron chi connectivity index (χ4n) is 1.50. The van der Waals surface area contributed by atoms with E-state index in [1.54, 1.807) is 10.9 Å². The Morgan fingerprint density at radius 1 is 1.75 bits per heavy atom. The molecule has 0 saturated heterocycles. The lowest BCUT2D eigenvalue weighted by Crippen LogP contribution is -2.05. The van der Waals surface area contributed by atoms with Gasteiger partial charge in [-0.3, -0.25) is 4.68 Å². The average molecular weight is 166 g/mol. The van der Waals surface area contributed by atoms with Crippen molar-refractivity contribution in [2.75, 3.05) is 0 Å². The predicted octanol–water partition coefficient (Wildman–Crippen LogP) is 1.25. The molecule has 1 aliphatic carbocycles. The molecule has 0 amide bonds. The van der Waals surface area contributed by atoms with Gasteiger partial charge < -0.3 is 5.11 Å². The number of nitrogens with zero attached hydrogens (tertiary/aromatic N) is 2. The normalized spacial score (nSPS) is 19.5. The van der Waals surface area contributed by atoms with Crippen LogP contribution < -0.4 is 0 Å². The highest BCUT2D eigenvalue weighted by Crippen LogP contribution is 2.37. The van der Waals surface area contributed by atoms with Crippen molar-refractivity contribution in [1.82, 2.24) is 9.78 Å². The molecular weight excluding hydrogens is 152 g/mol. The van der Waals surface area contributed by atoms with E-state index in [0.29, 0.717) is 0 Å². The van der Waals surface area contributed by atoms with Crippen LogP contribution in [0.25, 0.3) is 0 Å². The molecule has 0 aromatic carbocycles. The number of aryl methyl sites for hydroxylation is 1. The molecule has 1 heterocycles. The van der Waals surface area contributed by atoms with Crippen molar-refractivity contribution in [3.8, 4) is 0 Å². The third-order valence-electron chi connectivity index (χ3n) is 2.45. The summed E-state index contributed by atoms with van der Waals surface area (Å²) in [5.41, 5.74) is 0.932. The smallest absolute Gasteiger partial charge is 0.0959 e. The minimum Gasteiger partial charge on any atom is -0.387 e. The van der Waals surface area contributed by atoms with Crippen LogP contribution in [-0.4, -0.2) is 14.9 Å². The number of hydrogen-bond donors (Lipinski definition) is 1. The molecule has 1 fully saturated rings. The summed E-state index contributed by atoms with van der Waals surface area (Å²) in [5, 5.41) is 13.8. The van der Waals surface area contributed by atoms with Crippen molar-refractivity contribution in [2.24, 2.45) is 13.0 Å². The van der Waals surface area contributed by atoms with Crippen LogP contribution in [0.5, 0.6) is 0 Å². The molecule has 3 nitrogen and oxygen atoms in total. The highest BCUT2D eigenvalue weighted by Gasteiger charge is 2.26. The molecule has 1 N–H and O–H groups in total. The quantitative estimate of drug-likeness (QED) is 0.734. The van der Waals surface area contributed by atoms with E-state index in [2.05, 4.69) is 5.10 Å². The molecule has 66 valence electrons. The Kier molecular flexibility index (Phi) is 1.89. The summed E-state index contributed by atoms with van der Waals surface area (Å²) in [7, 11) is 1.87. The van der Waals surface area contributed by atoms with Crippen molar-refractivity contribution in [3.05, 3.63) is 18.0 Å². The molecule has 0 aliphatic heterocycles. The molecule has 1 aromatic heterocycles. The molecule has 0 radical (unpaired) electrons. The van der Waals surface area contributed by atoms with Gasteiger partial charge in [-0.25, -0.2) is 0 Å². The van der Waals surface area contributed by atoms with Crippen LogP contribution >= 0.6 is 0 Å². The number of aliphatic hydroxyl groups is 1. The van der Waals surface area contributed by atoms with Crippen LogP contribution in [0.1, 0.15) is 31.1 Å². The van der Waals surface area contributed by atoms with E-state index in [9.17, 15) is 5.11 Å². The van der Waals surface area contributed by atoms with Crippen molar-refractivity contribution >= 4 is 0 Å². The van der Waals surface area contributed by atoms with Crippen molar-refractivity contribution in [3.63, 3.8) is 0 Å². The lowest BCUT2D eigenvalue weighted by molar-refractivity contribution is 0.151. The van der Waals surface area contributed by atoms with E-state index in [4.69, 9.17) is 0 Å². The SMILES string of the molecule is Cn1nccc1C(O)CC1CC1. The third kappa shape index (κ3) is 1.50. The second-order valence-corrected chi connectivity index (χ2v) is 3.57. The predicted molar refractivity (Wildman–Crippen MR) is 45.5 cm³/mol. The largest absolute Gasteiger partial charge is 0.387 e. The van der Waals surface area contributed by atoms with E-state index >= 15 is 0 Å². The molecule has 12 heavy (non-hydrogen) atoms. The molecule has 2 rings (SSSR count). The molecular formula is C9H14N2O. The zero-order valence-electron chi connectivity index (χ0n) is 7.27. The number of rotatable bonds is 3. The summed E-state index contributed by atoms with van der Waals surface area (Å²) in [4.78, 5) is 0. The molecule has 1 saturated carbocycles. The van der Waals surface area contributed by atoms with Crippen LogP contribution in [0.4, 0.5) is 0 Å². The van der Waals surface area contributed by atoms with E-state index in [1.807, 2.05) is 13.1 Å². The van der Waals surface area contributed by atoms with E-state index in [-0.39, 0.29) is 6.10 Å². The van der Waals surface area contributed by atoms with Crippen molar-refractivity contribution in [2.45, 2.75) is 25.4 Å². The van der Waals surface area contributed by atoms with Gasteiger partial charge in [0.1, 0.15) is 0 Å². The first-order valence-corrected chi connectivity index (χ1v) is 4.43. The molecule has 1 aromatic rings. The number of aliphatic hydroxyl groups excluding tert-OH is 1. The minimum atomic E-state index is -0.315. The second-order valence-electron chi connectivity index (χ2n) is 3.57. The highest BCUT2D eigenvalue weighted by atomic mass is 16.3. The van der Waals surface area contributed by atoms with Crippen LogP contribution in [0.3, 0.4) is 0 Å². The molecule has 1 unspecified atom stereocenters. The van der Waals surface area contributed by atoms with Gasteiger partial charge in [-0.05, 0) is 18.4 Å². The van der Waals surface area contributed by atoms with Crippen molar-refractivity contribution < 1.29 is 5.11 Å². The number of aromatic nitrogens is 2. The maximum absolute atomic E-state index is 9.74. The van der Waals surface area contributed by atoms with Crippen LogP contribution in [0, 0.1) is 5.92 Å². The maximum atomic E-state index is 9.74. The van der Waals surface area contributed by atoms with Gasteiger partial charge in [0.25, 0.3) is 0 Å². The van der Waals surface area contributed by atoms with Gasteiger partial charge in [0.2, 0.25) is 0 Å². The van der Waals surface area contributed by atoms with E-state index in [0.717, 1.165) is 18.0 Å². The Bertz CT molecular complexity index is 265. The maximum Gasteiger partial charge on any atom is 0.0959 e. The summed E-state index contributed by atoms with van der Waals surface area (Å²) in [6, 6.07) is 1.88. The number of hydrogen-bond acceptors (Lipinski definition) is 2. The summed E-state index contributed by atoms with van der Waals surface area (Å²) >= 11 is 0. The topological polar surface area (TPSA) is 38.0 Å². The van der Waals surface area contributed by atoms with Gasteiger partial charge in [0.05, 0.1) is 11.8 Å². The molecule has 1 aliphatic rings. The van der Waals surface area contributed by atoms with Gasteiger partial charge >= 0.3 is 0 Å². The Labute approximate surface area is 72.0 Å². The molecule has 0 bridgehead atoms. The van der Waals surface area contributed by atoms with Crippen molar-refractivity contribution in [1.29, 1.82) is 0 Å². The molecule has 0 spiro atoms. The Balaban J connectivity index is 2.02. The minimum absolute atomic E-state index is 0.315. The molecule has 3 heteroatoms. The zero-order chi connectivity index (χ0) is 8.55. The first kappa shape index (κ1) is 7.80. The van der Waals surface area contributed by atoms with Gasteiger partial charge in [-0.15, -0.1) is 0 Å². The van der Waals surface area contributed by atoms with Gasteiger partial charge in [-0.2, -0.15) is 5.10 Å². The lowest BCUT2D eigenvalue weighted by atomic mass is 10.1. The fourth-order valence-corrected chi connectivity index (χ4v) is 1.50. The first-order chi connectivity index (χ1) is 5.77. The Hall–Kier alpha value is -0.830. The van der Waals surface area contributed by atoms with Crippen LogP contribution in [0.2, 0.25) is 0 Å². The van der Waals surface area contributed by atoms with Gasteiger partial charge in [0.15, 0.2) is 0 Å². The zero-order valence-corrected chi connectivity index (χ0v) is 7.27. The fraction of sp³-hybridized carbons (Fsp3) is 0.667. The molecule has 1 atom stereocenters. The van der Waals surface area contributed by atoms with E-state index < -0.39 is 0 Å². The Morgan fingerprint density at radius 2 is 2.50 bits per heavy atom. The standard InChI is InChI=1S/C9H14N2O/c1-11-8(4-5-10-11)9(12)6-7-2-3-7/h4-5,7,9,12H,2-3,6H2,1H3. The average Bonchev–Trinajstić information content (AvgIpc) is 2.72. The van der Waals surface area contributed by atoms with Gasteiger partial charge in [0, 0.05) is 13.2 Å². The Morgan fingerprint density at radius 3 is 3.00 bits per heavy atom. The van der Waals surface area contributed by atoms with E-state index in [1.165, 1.54) is 12.8 Å². The van der Waals surface area contributed by atoms with Gasteiger partial charge in [-0.1, -0.05) is 12.8 Å². The monoisotopic (exact) mass is 166 g/mol. The summed E-state index contributed by atoms with van der Waals surface area (Å²) in [5.74, 6) is 0.759. The second kappa shape index (κ2) is 2.90. The highest BCUT2D eigenvalue weighted by molar-refractivity contribution is 5.04. The summed E-state index contributed by atoms with van der Waals surface area (Å²) < 4.78 is 1.74. The summed E-state index contributed by atoms with van der Waals surface area (Å²) in [6.07, 6.45) is 4.89. The summed E-state index contributed by atoms with van der Waals surface area (Å²) in [6.45, 7) is 0. The lowest BCUT2D eigenvalue weighted by Gasteiger charge is -2.09.